The number of nitrogens with one attached hydrogen (secondary N) is 1. The highest BCUT2D eigenvalue weighted by Crippen LogP contribution is 2.32. The molecule has 2 atom stereocenters. The number of halogens is 1. The third-order valence-electron chi connectivity index (χ3n) is 3.16. The van der Waals surface area contributed by atoms with Gasteiger partial charge in [-0.2, -0.15) is 11.8 Å². The van der Waals surface area contributed by atoms with Crippen molar-refractivity contribution in [2.24, 2.45) is 0 Å². The van der Waals surface area contributed by atoms with Crippen LogP contribution >= 0.6 is 23.4 Å². The maximum absolute atomic E-state index is 10.8. The molecule has 0 aliphatic heterocycles. The van der Waals surface area contributed by atoms with Crippen LogP contribution in [0.1, 0.15) is 26.2 Å². The highest BCUT2D eigenvalue weighted by molar-refractivity contribution is 7.99. The molecular weight excluding hydrogens is 286 g/mol. The summed E-state index contributed by atoms with van der Waals surface area (Å²) in [5.74, 6) is 1.57. The van der Waals surface area contributed by atoms with Crippen molar-refractivity contribution >= 4 is 34.9 Å². The smallest absolute Gasteiger partial charge is 0.276 e. The Morgan fingerprint density at radius 3 is 3.05 bits per heavy atom. The molecule has 1 fully saturated rings. The normalized spacial score (nSPS) is 22.4. The minimum Gasteiger partial charge on any atom is -0.366 e. The molecule has 1 aromatic rings. The van der Waals surface area contributed by atoms with E-state index in [0.29, 0.717) is 17.1 Å². The van der Waals surface area contributed by atoms with Gasteiger partial charge in [-0.1, -0.05) is 24.9 Å². The van der Waals surface area contributed by atoms with Crippen LogP contribution < -0.4 is 5.32 Å². The molecule has 5 nitrogen and oxygen atoms in total. The average Bonchev–Trinajstić information content (AvgIpc) is 2.76. The third kappa shape index (κ3) is 3.73. The fourth-order valence-electron chi connectivity index (χ4n) is 2.36. The number of nitrogens with zero attached hydrogens (tertiary/aromatic N) is 2. The van der Waals surface area contributed by atoms with E-state index < -0.39 is 4.92 Å². The number of pyridine rings is 1. The summed E-state index contributed by atoms with van der Waals surface area (Å²) in [4.78, 5) is 14.5. The van der Waals surface area contributed by atoms with Crippen molar-refractivity contribution < 1.29 is 4.92 Å². The molecule has 104 valence electrons. The van der Waals surface area contributed by atoms with Crippen molar-refractivity contribution in [1.29, 1.82) is 0 Å². The van der Waals surface area contributed by atoms with Crippen LogP contribution in [-0.4, -0.2) is 27.0 Å². The molecular formula is C12H16ClN3O2S. The van der Waals surface area contributed by atoms with E-state index in [4.69, 9.17) is 11.6 Å². The number of nitro groups is 1. The van der Waals surface area contributed by atoms with Crippen LogP contribution in [0.2, 0.25) is 5.15 Å². The van der Waals surface area contributed by atoms with Crippen molar-refractivity contribution in [3.63, 3.8) is 0 Å². The Kier molecular flexibility index (Phi) is 4.87. The molecule has 0 spiro atoms. The molecule has 1 saturated carbocycles. The Balaban J connectivity index is 2.12. The first-order chi connectivity index (χ1) is 9.10. The van der Waals surface area contributed by atoms with E-state index in [1.54, 1.807) is 0 Å². The Morgan fingerprint density at radius 1 is 1.58 bits per heavy atom. The Bertz CT molecular complexity index is 472. The summed E-state index contributed by atoms with van der Waals surface area (Å²) in [6.45, 7) is 2.14. The molecule has 2 unspecified atom stereocenters. The monoisotopic (exact) mass is 301 g/mol. The van der Waals surface area contributed by atoms with Gasteiger partial charge in [-0.15, -0.1) is 0 Å². The van der Waals surface area contributed by atoms with Crippen LogP contribution in [0.5, 0.6) is 0 Å². The highest BCUT2D eigenvalue weighted by atomic mass is 35.5. The van der Waals surface area contributed by atoms with Crippen molar-refractivity contribution in [2.45, 2.75) is 37.5 Å². The van der Waals surface area contributed by atoms with Gasteiger partial charge in [-0.25, -0.2) is 4.98 Å². The van der Waals surface area contributed by atoms with E-state index in [1.165, 1.54) is 25.0 Å². The number of anilines is 1. The third-order valence-corrected chi connectivity index (χ3v) is 4.68. The van der Waals surface area contributed by atoms with Gasteiger partial charge in [0, 0.05) is 11.3 Å². The van der Waals surface area contributed by atoms with Crippen LogP contribution in [0.25, 0.3) is 0 Å². The standard InChI is InChI=1S/C12H16ClN3O2S/c1-2-19-10-5-3-4-9(10)14-12-7-8(16(17)18)6-11(13)15-12/h6-7,9-10H,2-5H2,1H3,(H,14,15). The van der Waals surface area contributed by atoms with Crippen molar-refractivity contribution in [3.8, 4) is 0 Å². The second kappa shape index (κ2) is 6.43. The van der Waals surface area contributed by atoms with Crippen LogP contribution in [0, 0.1) is 10.1 Å². The van der Waals surface area contributed by atoms with Gasteiger partial charge in [0.15, 0.2) is 0 Å². The largest absolute Gasteiger partial charge is 0.366 e. The fraction of sp³-hybridized carbons (Fsp3) is 0.583. The number of hydrogen-bond donors (Lipinski definition) is 1. The summed E-state index contributed by atoms with van der Waals surface area (Å²) in [5.41, 5.74) is -0.0276. The predicted octanol–water partition coefficient (Wildman–Crippen LogP) is 3.73. The van der Waals surface area contributed by atoms with E-state index in [9.17, 15) is 10.1 Å². The average molecular weight is 302 g/mol. The van der Waals surface area contributed by atoms with Gasteiger partial charge in [-0.3, -0.25) is 10.1 Å². The van der Waals surface area contributed by atoms with Crippen LogP contribution in [-0.2, 0) is 0 Å². The lowest BCUT2D eigenvalue weighted by atomic mass is 10.2. The number of rotatable bonds is 5. The summed E-state index contributed by atoms with van der Waals surface area (Å²) < 4.78 is 0. The molecule has 0 radical (unpaired) electrons. The van der Waals surface area contributed by atoms with E-state index in [2.05, 4.69) is 17.2 Å². The zero-order valence-corrected chi connectivity index (χ0v) is 12.2. The van der Waals surface area contributed by atoms with Crippen molar-refractivity contribution in [1.82, 2.24) is 4.98 Å². The summed E-state index contributed by atoms with van der Waals surface area (Å²) >= 11 is 7.74. The zero-order valence-electron chi connectivity index (χ0n) is 10.6. The summed E-state index contributed by atoms with van der Waals surface area (Å²) in [6.07, 6.45) is 3.43. The molecule has 1 aliphatic carbocycles. The van der Waals surface area contributed by atoms with E-state index in [-0.39, 0.29) is 10.8 Å². The van der Waals surface area contributed by atoms with Gasteiger partial charge in [0.05, 0.1) is 17.1 Å². The molecule has 0 saturated heterocycles. The molecule has 19 heavy (non-hydrogen) atoms. The van der Waals surface area contributed by atoms with Crippen LogP contribution in [0.3, 0.4) is 0 Å². The molecule has 7 heteroatoms. The molecule has 0 aromatic carbocycles. The molecule has 1 aliphatic rings. The second-order valence-corrected chi connectivity index (χ2v) is 6.37. The fourth-order valence-corrected chi connectivity index (χ4v) is 3.76. The number of thioether (sulfide) groups is 1. The molecule has 2 rings (SSSR count). The van der Waals surface area contributed by atoms with Gasteiger partial charge in [-0.05, 0) is 18.6 Å². The molecule has 1 N–H and O–H groups in total. The SMILES string of the molecule is CCSC1CCCC1Nc1cc([N+](=O)[O-])cc(Cl)n1. The van der Waals surface area contributed by atoms with E-state index in [1.807, 2.05) is 11.8 Å². The zero-order chi connectivity index (χ0) is 13.8. The number of aromatic nitrogens is 1. The van der Waals surface area contributed by atoms with Gasteiger partial charge >= 0.3 is 0 Å². The maximum atomic E-state index is 10.8. The van der Waals surface area contributed by atoms with Gasteiger partial charge in [0.25, 0.3) is 5.69 Å². The lowest BCUT2D eigenvalue weighted by Crippen LogP contribution is -2.26. The first-order valence-electron chi connectivity index (χ1n) is 6.30. The molecule has 1 aromatic heterocycles. The van der Waals surface area contributed by atoms with Gasteiger partial charge < -0.3 is 5.32 Å². The van der Waals surface area contributed by atoms with E-state index in [0.717, 1.165) is 12.2 Å². The lowest BCUT2D eigenvalue weighted by Gasteiger charge is -2.20. The molecule has 0 bridgehead atoms. The summed E-state index contributed by atoms with van der Waals surface area (Å²) in [6, 6.07) is 3.02. The number of hydrogen-bond acceptors (Lipinski definition) is 5. The summed E-state index contributed by atoms with van der Waals surface area (Å²) in [5, 5.41) is 14.8. The lowest BCUT2D eigenvalue weighted by molar-refractivity contribution is -0.384. The minimum absolute atomic E-state index is 0.0276. The van der Waals surface area contributed by atoms with Gasteiger partial charge in [0.1, 0.15) is 11.0 Å². The predicted molar refractivity (Wildman–Crippen MR) is 79.1 cm³/mol. The Morgan fingerprint density at radius 2 is 2.37 bits per heavy atom. The van der Waals surface area contributed by atoms with Crippen molar-refractivity contribution in [3.05, 3.63) is 27.4 Å². The Hall–Kier alpha value is -1.01. The topological polar surface area (TPSA) is 68.1 Å². The van der Waals surface area contributed by atoms with Crippen LogP contribution in [0.15, 0.2) is 12.1 Å². The molecule has 0 amide bonds. The summed E-state index contributed by atoms with van der Waals surface area (Å²) in [7, 11) is 0. The second-order valence-electron chi connectivity index (χ2n) is 4.47. The Labute approximate surface area is 121 Å². The molecule has 1 heterocycles. The first-order valence-corrected chi connectivity index (χ1v) is 7.73. The van der Waals surface area contributed by atoms with E-state index >= 15 is 0 Å². The minimum atomic E-state index is -0.453. The van der Waals surface area contributed by atoms with Gasteiger partial charge in [0.2, 0.25) is 0 Å². The quantitative estimate of drug-likeness (QED) is 0.510. The highest BCUT2D eigenvalue weighted by Gasteiger charge is 2.27. The van der Waals surface area contributed by atoms with Crippen molar-refractivity contribution in [2.75, 3.05) is 11.1 Å². The first kappa shape index (κ1) is 14.4. The maximum Gasteiger partial charge on any atom is 0.276 e. The van der Waals surface area contributed by atoms with Crippen LogP contribution in [0.4, 0.5) is 11.5 Å².